The van der Waals surface area contributed by atoms with Crippen LogP contribution in [0.4, 0.5) is 0 Å². The molecule has 0 rings (SSSR count). The van der Waals surface area contributed by atoms with E-state index in [4.69, 9.17) is 16.6 Å². The van der Waals surface area contributed by atoms with Crippen LogP contribution in [0.25, 0.3) is 0 Å². The van der Waals surface area contributed by atoms with E-state index in [1.165, 1.54) is 0 Å². The van der Waals surface area contributed by atoms with Gasteiger partial charge < -0.3 is 11.1 Å². The van der Waals surface area contributed by atoms with Gasteiger partial charge in [-0.15, -0.1) is 0 Å². The quantitative estimate of drug-likeness (QED) is 0.381. The van der Waals surface area contributed by atoms with Crippen LogP contribution in [0.1, 0.15) is 13.8 Å². The molecule has 0 radical (unpaired) electrons. The van der Waals surface area contributed by atoms with E-state index in [-0.39, 0.29) is 11.8 Å². The lowest BCUT2D eigenvalue weighted by Crippen LogP contribution is -2.14. The maximum Gasteiger partial charge on any atom is 0.130 e. The van der Waals surface area contributed by atoms with Gasteiger partial charge in [0.1, 0.15) is 5.84 Å². The first-order chi connectivity index (χ1) is 4.57. The van der Waals surface area contributed by atoms with Gasteiger partial charge in [-0.25, -0.2) is 4.99 Å². The van der Waals surface area contributed by atoms with Crippen LogP contribution >= 0.6 is 0 Å². The lowest BCUT2D eigenvalue weighted by Gasteiger charge is -2.00. The van der Waals surface area contributed by atoms with Gasteiger partial charge in [-0.1, -0.05) is 6.92 Å². The van der Waals surface area contributed by atoms with Gasteiger partial charge in [0.25, 0.3) is 0 Å². The Hall–Kier alpha value is -1.19. The molecule has 0 aromatic heterocycles. The van der Waals surface area contributed by atoms with Crippen molar-refractivity contribution in [2.24, 2.45) is 16.6 Å². The van der Waals surface area contributed by atoms with Crippen molar-refractivity contribution in [1.29, 1.82) is 10.8 Å². The van der Waals surface area contributed by atoms with Crippen LogP contribution in [0.3, 0.4) is 0 Å². The maximum atomic E-state index is 7.21. The fourth-order valence-corrected chi connectivity index (χ4v) is 0.371. The maximum absolute atomic E-state index is 7.21. The number of amidine groups is 2. The summed E-state index contributed by atoms with van der Waals surface area (Å²) in [4.78, 5) is 3.67. The normalized spacial score (nSPS) is 14.4. The summed E-state index contributed by atoms with van der Waals surface area (Å²) in [7, 11) is 0. The topological polar surface area (TPSA) is 86.1 Å². The van der Waals surface area contributed by atoms with Crippen LogP contribution in [0.15, 0.2) is 4.99 Å². The molecule has 10 heavy (non-hydrogen) atoms. The molecule has 4 heteroatoms. The number of hydrogen-bond donors (Lipinski definition) is 3. The monoisotopic (exact) mass is 140 g/mol. The molecule has 0 bridgehead atoms. The Morgan fingerprint density at radius 3 is 2.50 bits per heavy atom. The van der Waals surface area contributed by atoms with Gasteiger partial charge in [-0.2, -0.15) is 0 Å². The highest BCUT2D eigenvalue weighted by molar-refractivity contribution is 6.01. The molecular weight excluding hydrogens is 128 g/mol. The van der Waals surface area contributed by atoms with Crippen LogP contribution in [-0.2, 0) is 0 Å². The van der Waals surface area contributed by atoms with Crippen molar-refractivity contribution < 1.29 is 0 Å². The summed E-state index contributed by atoms with van der Waals surface area (Å²) in [6.45, 7) is 3.34. The Balaban J connectivity index is 4.10. The van der Waals surface area contributed by atoms with E-state index in [0.717, 1.165) is 6.21 Å². The number of nitrogens with one attached hydrogen (secondary N) is 2. The van der Waals surface area contributed by atoms with Crippen molar-refractivity contribution in [3.8, 4) is 0 Å². The number of aliphatic imine (C=N–C) groups is 1. The summed E-state index contributed by atoms with van der Waals surface area (Å²) < 4.78 is 0. The number of nitrogens with two attached hydrogens (primary N) is 1. The predicted octanol–water partition coefficient (Wildman–Crippen LogP) is 0.626. The lowest BCUT2D eigenvalue weighted by atomic mass is 10.2. The van der Waals surface area contributed by atoms with Crippen molar-refractivity contribution in [1.82, 2.24) is 0 Å². The average Bonchev–Trinajstić information content (AvgIpc) is 1.85. The number of nitrogens with zero attached hydrogens (tertiary/aromatic N) is 1. The second kappa shape index (κ2) is 3.76. The zero-order valence-electron chi connectivity index (χ0n) is 6.18. The molecule has 0 heterocycles. The van der Waals surface area contributed by atoms with E-state index in [9.17, 15) is 0 Å². The SMILES string of the molecule is CC(N)=NC(=N)C(C)C=N. The third-order valence-corrected chi connectivity index (χ3v) is 0.978. The standard InChI is InChI=1S/C6H12N4/c1-4(3-7)6(9)10-5(2)8/h3-4,7H,1-2H3,(H3,8,9,10). The molecule has 4 nitrogen and oxygen atoms in total. The first kappa shape index (κ1) is 8.81. The Kier molecular flexibility index (Phi) is 3.32. The van der Waals surface area contributed by atoms with Gasteiger partial charge in [0.15, 0.2) is 0 Å². The van der Waals surface area contributed by atoms with E-state index in [1.807, 2.05) is 0 Å². The minimum atomic E-state index is -0.238. The zero-order valence-corrected chi connectivity index (χ0v) is 6.18. The molecule has 0 saturated heterocycles. The molecule has 1 unspecified atom stereocenters. The minimum Gasteiger partial charge on any atom is -0.387 e. The van der Waals surface area contributed by atoms with E-state index in [0.29, 0.717) is 5.84 Å². The third kappa shape index (κ3) is 2.96. The molecule has 0 aromatic carbocycles. The fraction of sp³-hybridized carbons (Fsp3) is 0.500. The molecule has 0 fully saturated rings. The minimum absolute atomic E-state index is 0.134. The largest absolute Gasteiger partial charge is 0.387 e. The van der Waals surface area contributed by atoms with Gasteiger partial charge in [-0.05, 0) is 6.92 Å². The Morgan fingerprint density at radius 1 is 1.70 bits per heavy atom. The van der Waals surface area contributed by atoms with Crippen molar-refractivity contribution >= 4 is 17.9 Å². The Bertz CT molecular complexity index is 167. The molecule has 0 aromatic rings. The molecule has 0 amide bonds. The number of hydrogen-bond acceptors (Lipinski definition) is 2. The van der Waals surface area contributed by atoms with Crippen LogP contribution < -0.4 is 5.73 Å². The van der Waals surface area contributed by atoms with Gasteiger partial charge in [0, 0.05) is 6.21 Å². The van der Waals surface area contributed by atoms with E-state index in [2.05, 4.69) is 4.99 Å². The summed E-state index contributed by atoms with van der Waals surface area (Å²) in [5.41, 5.74) is 5.22. The molecule has 0 aliphatic carbocycles. The van der Waals surface area contributed by atoms with Crippen molar-refractivity contribution in [2.45, 2.75) is 13.8 Å². The first-order valence-corrected chi connectivity index (χ1v) is 2.97. The van der Waals surface area contributed by atoms with Gasteiger partial charge >= 0.3 is 0 Å². The van der Waals surface area contributed by atoms with Crippen molar-refractivity contribution in [3.63, 3.8) is 0 Å². The Labute approximate surface area is 60.2 Å². The van der Waals surface area contributed by atoms with Crippen molar-refractivity contribution in [2.75, 3.05) is 0 Å². The predicted molar refractivity (Wildman–Crippen MR) is 43.0 cm³/mol. The van der Waals surface area contributed by atoms with Gasteiger partial charge in [0.2, 0.25) is 0 Å². The summed E-state index contributed by atoms with van der Waals surface area (Å²) in [6, 6.07) is 0. The smallest absolute Gasteiger partial charge is 0.130 e. The summed E-state index contributed by atoms with van der Waals surface area (Å²) >= 11 is 0. The molecular formula is C6H12N4. The second-order valence-corrected chi connectivity index (χ2v) is 2.09. The number of rotatable bonds is 2. The average molecular weight is 140 g/mol. The van der Waals surface area contributed by atoms with E-state index >= 15 is 0 Å². The molecule has 4 N–H and O–H groups in total. The van der Waals surface area contributed by atoms with Crippen LogP contribution in [0.2, 0.25) is 0 Å². The highest BCUT2D eigenvalue weighted by Gasteiger charge is 2.02. The summed E-state index contributed by atoms with van der Waals surface area (Å²) in [5, 5.41) is 14.0. The second-order valence-electron chi connectivity index (χ2n) is 2.09. The van der Waals surface area contributed by atoms with Crippen LogP contribution in [0, 0.1) is 16.7 Å². The molecule has 0 saturated carbocycles. The summed E-state index contributed by atoms with van der Waals surface area (Å²) in [6.07, 6.45) is 1.16. The van der Waals surface area contributed by atoms with Gasteiger partial charge in [0.05, 0.1) is 11.8 Å². The van der Waals surface area contributed by atoms with E-state index in [1.54, 1.807) is 13.8 Å². The fourth-order valence-electron chi connectivity index (χ4n) is 0.371. The molecule has 1 atom stereocenters. The van der Waals surface area contributed by atoms with Gasteiger partial charge in [-0.3, -0.25) is 5.41 Å². The molecule has 56 valence electrons. The highest BCUT2D eigenvalue weighted by Crippen LogP contribution is 1.93. The molecule has 0 aliphatic rings. The summed E-state index contributed by atoms with van der Waals surface area (Å²) in [5.74, 6) is 0.257. The molecule has 0 spiro atoms. The third-order valence-electron chi connectivity index (χ3n) is 0.978. The zero-order chi connectivity index (χ0) is 8.15. The van der Waals surface area contributed by atoms with Crippen LogP contribution in [0.5, 0.6) is 0 Å². The van der Waals surface area contributed by atoms with E-state index < -0.39 is 0 Å². The molecule has 0 aliphatic heterocycles. The van der Waals surface area contributed by atoms with Crippen molar-refractivity contribution in [3.05, 3.63) is 0 Å². The van der Waals surface area contributed by atoms with Crippen LogP contribution in [-0.4, -0.2) is 17.9 Å². The Morgan fingerprint density at radius 2 is 2.20 bits per heavy atom. The first-order valence-electron chi connectivity index (χ1n) is 2.97. The highest BCUT2D eigenvalue weighted by atomic mass is 14.9. The lowest BCUT2D eigenvalue weighted by molar-refractivity contribution is 1.04.